The van der Waals surface area contributed by atoms with E-state index in [9.17, 15) is 4.79 Å². The second-order valence-electron chi connectivity index (χ2n) is 4.56. The number of nitrogens with one attached hydrogen (secondary N) is 1. The van der Waals surface area contributed by atoms with Crippen LogP contribution in [0.15, 0.2) is 28.7 Å². The van der Waals surface area contributed by atoms with Gasteiger partial charge in [-0.3, -0.25) is 4.79 Å². The van der Waals surface area contributed by atoms with Gasteiger partial charge in [0.15, 0.2) is 5.76 Å². The van der Waals surface area contributed by atoms with E-state index in [0.29, 0.717) is 18.1 Å². The highest BCUT2D eigenvalue weighted by Gasteiger charge is 2.14. The van der Waals surface area contributed by atoms with Crippen molar-refractivity contribution in [3.05, 3.63) is 45.5 Å². The highest BCUT2D eigenvalue weighted by molar-refractivity contribution is 7.11. The van der Waals surface area contributed by atoms with Gasteiger partial charge in [-0.15, -0.1) is 11.3 Å². The van der Waals surface area contributed by atoms with Crippen molar-refractivity contribution < 1.29 is 9.21 Å². The lowest BCUT2D eigenvalue weighted by Gasteiger charge is -2.11. The van der Waals surface area contributed by atoms with Crippen molar-refractivity contribution in [1.29, 1.82) is 0 Å². The van der Waals surface area contributed by atoms with E-state index in [2.05, 4.69) is 24.4 Å². The van der Waals surface area contributed by atoms with E-state index < -0.39 is 0 Å². The summed E-state index contributed by atoms with van der Waals surface area (Å²) in [6.07, 6.45) is 0.828. The predicted molar refractivity (Wildman–Crippen MR) is 76.3 cm³/mol. The van der Waals surface area contributed by atoms with Crippen LogP contribution in [0.2, 0.25) is 0 Å². The average Bonchev–Trinajstić information content (AvgIpc) is 2.98. The Morgan fingerprint density at radius 1 is 1.42 bits per heavy atom. The number of rotatable bonds is 5. The molecule has 0 aliphatic rings. The van der Waals surface area contributed by atoms with Gasteiger partial charge in [-0.05, 0) is 38.1 Å². The molecule has 0 spiro atoms. The summed E-state index contributed by atoms with van der Waals surface area (Å²) in [6.45, 7) is 4.37. The molecule has 1 unspecified atom stereocenters. The number of furan rings is 1. The van der Waals surface area contributed by atoms with Crippen LogP contribution in [0.25, 0.3) is 0 Å². The lowest BCUT2D eigenvalue weighted by Crippen LogP contribution is -2.33. The molecular weight excluding hydrogens is 260 g/mol. The van der Waals surface area contributed by atoms with Crippen molar-refractivity contribution in [2.75, 3.05) is 0 Å². The summed E-state index contributed by atoms with van der Waals surface area (Å²) in [6, 6.07) is 7.63. The number of hydrogen-bond acceptors (Lipinski definition) is 4. The molecule has 0 aliphatic carbocycles. The van der Waals surface area contributed by atoms with E-state index in [-0.39, 0.29) is 11.9 Å². The fourth-order valence-electron chi connectivity index (χ4n) is 1.85. The van der Waals surface area contributed by atoms with E-state index in [1.165, 1.54) is 9.75 Å². The molecule has 0 radical (unpaired) electrons. The number of nitrogens with two attached hydrogens (primary N) is 1. The van der Waals surface area contributed by atoms with E-state index in [1.807, 2.05) is 6.92 Å². The van der Waals surface area contributed by atoms with Gasteiger partial charge in [0, 0.05) is 22.2 Å². The fourth-order valence-corrected chi connectivity index (χ4v) is 2.87. The fraction of sp³-hybridized carbons (Fsp3) is 0.357. The van der Waals surface area contributed by atoms with E-state index in [0.717, 1.165) is 6.42 Å². The van der Waals surface area contributed by atoms with Crippen LogP contribution < -0.4 is 11.1 Å². The molecule has 0 fully saturated rings. The number of aryl methyl sites for hydroxylation is 1. The Hall–Kier alpha value is -1.59. The molecule has 0 aromatic carbocycles. The Balaban J connectivity index is 1.91. The molecule has 0 aliphatic heterocycles. The first-order valence-electron chi connectivity index (χ1n) is 6.23. The molecule has 2 aromatic rings. The molecule has 102 valence electrons. The van der Waals surface area contributed by atoms with E-state index >= 15 is 0 Å². The van der Waals surface area contributed by atoms with Gasteiger partial charge >= 0.3 is 0 Å². The number of carbonyl (C=O) groups excluding carboxylic acids is 1. The van der Waals surface area contributed by atoms with Crippen molar-refractivity contribution in [3.63, 3.8) is 0 Å². The molecule has 0 saturated carbocycles. The summed E-state index contributed by atoms with van der Waals surface area (Å²) in [5.41, 5.74) is 5.44. The van der Waals surface area contributed by atoms with Gasteiger partial charge in [0.2, 0.25) is 0 Å². The number of thiophene rings is 1. The molecule has 2 heterocycles. The molecule has 1 atom stereocenters. The zero-order chi connectivity index (χ0) is 13.8. The molecular formula is C14H18N2O2S. The summed E-state index contributed by atoms with van der Waals surface area (Å²) < 4.78 is 5.32. The maximum Gasteiger partial charge on any atom is 0.287 e. The van der Waals surface area contributed by atoms with Crippen LogP contribution in [0.1, 0.15) is 33.0 Å². The van der Waals surface area contributed by atoms with Gasteiger partial charge in [0.1, 0.15) is 5.76 Å². The standard InChI is InChI=1S/C14H18N2O2S/c1-9(7-12-5-3-10(2)19-12)16-14(17)13-6-4-11(8-15)18-13/h3-6,9H,7-8,15H2,1-2H3,(H,16,17). The maximum absolute atomic E-state index is 11.9. The second kappa shape index (κ2) is 6.04. The molecule has 0 saturated heterocycles. The van der Waals surface area contributed by atoms with Gasteiger partial charge in [-0.1, -0.05) is 0 Å². The minimum atomic E-state index is -0.194. The van der Waals surface area contributed by atoms with Crippen LogP contribution in [0.4, 0.5) is 0 Å². The Morgan fingerprint density at radius 2 is 2.21 bits per heavy atom. The highest BCUT2D eigenvalue weighted by Crippen LogP contribution is 2.17. The molecule has 0 bridgehead atoms. The third-order valence-corrected chi connectivity index (χ3v) is 3.79. The summed E-state index contributed by atoms with van der Waals surface area (Å²) in [7, 11) is 0. The lowest BCUT2D eigenvalue weighted by molar-refractivity contribution is 0.0910. The third-order valence-electron chi connectivity index (χ3n) is 2.77. The predicted octanol–water partition coefficient (Wildman–Crippen LogP) is 2.47. The largest absolute Gasteiger partial charge is 0.455 e. The minimum Gasteiger partial charge on any atom is -0.455 e. The zero-order valence-corrected chi connectivity index (χ0v) is 11.9. The van der Waals surface area contributed by atoms with E-state index in [1.54, 1.807) is 23.5 Å². The van der Waals surface area contributed by atoms with E-state index in [4.69, 9.17) is 10.2 Å². The Labute approximate surface area is 116 Å². The van der Waals surface area contributed by atoms with Gasteiger partial charge in [0.05, 0.1) is 6.54 Å². The van der Waals surface area contributed by atoms with Gasteiger partial charge in [-0.25, -0.2) is 0 Å². The average molecular weight is 278 g/mol. The smallest absolute Gasteiger partial charge is 0.287 e. The number of amides is 1. The first-order chi connectivity index (χ1) is 9.08. The van der Waals surface area contributed by atoms with Gasteiger partial charge < -0.3 is 15.5 Å². The lowest BCUT2D eigenvalue weighted by atomic mass is 10.2. The molecule has 19 heavy (non-hydrogen) atoms. The quantitative estimate of drug-likeness (QED) is 0.882. The zero-order valence-electron chi connectivity index (χ0n) is 11.1. The van der Waals surface area contributed by atoms with Crippen LogP contribution >= 0.6 is 11.3 Å². The highest BCUT2D eigenvalue weighted by atomic mass is 32.1. The third kappa shape index (κ3) is 3.68. The Kier molecular flexibility index (Phi) is 4.39. The number of carbonyl (C=O) groups is 1. The van der Waals surface area contributed by atoms with Crippen molar-refractivity contribution in [1.82, 2.24) is 5.32 Å². The molecule has 2 aromatic heterocycles. The normalized spacial score (nSPS) is 12.4. The van der Waals surface area contributed by atoms with Crippen molar-refractivity contribution in [2.24, 2.45) is 5.73 Å². The first kappa shape index (κ1) is 13.8. The maximum atomic E-state index is 11.9. The Morgan fingerprint density at radius 3 is 2.79 bits per heavy atom. The summed E-state index contributed by atoms with van der Waals surface area (Å²) >= 11 is 1.76. The first-order valence-corrected chi connectivity index (χ1v) is 7.05. The molecule has 2 rings (SSSR count). The summed E-state index contributed by atoms with van der Waals surface area (Å²) in [4.78, 5) is 14.5. The van der Waals surface area contributed by atoms with Crippen molar-refractivity contribution >= 4 is 17.2 Å². The van der Waals surface area contributed by atoms with Crippen LogP contribution in [-0.2, 0) is 13.0 Å². The van der Waals surface area contributed by atoms with Gasteiger partial charge in [0.25, 0.3) is 5.91 Å². The van der Waals surface area contributed by atoms with Crippen LogP contribution in [0, 0.1) is 6.92 Å². The van der Waals surface area contributed by atoms with Crippen molar-refractivity contribution in [3.8, 4) is 0 Å². The molecule has 4 nitrogen and oxygen atoms in total. The van der Waals surface area contributed by atoms with Gasteiger partial charge in [-0.2, -0.15) is 0 Å². The summed E-state index contributed by atoms with van der Waals surface area (Å²) in [5.74, 6) is 0.738. The SMILES string of the molecule is Cc1ccc(CC(C)NC(=O)c2ccc(CN)o2)s1. The minimum absolute atomic E-state index is 0.0666. The Bertz CT molecular complexity index is 559. The molecule has 1 amide bonds. The van der Waals surface area contributed by atoms with Crippen LogP contribution in [0.3, 0.4) is 0 Å². The van der Waals surface area contributed by atoms with Crippen molar-refractivity contribution in [2.45, 2.75) is 32.9 Å². The number of hydrogen-bond donors (Lipinski definition) is 2. The molecule has 5 heteroatoms. The van der Waals surface area contributed by atoms with Crippen LogP contribution in [0.5, 0.6) is 0 Å². The monoisotopic (exact) mass is 278 g/mol. The second-order valence-corrected chi connectivity index (χ2v) is 5.93. The van der Waals surface area contributed by atoms with Crippen LogP contribution in [-0.4, -0.2) is 11.9 Å². The summed E-state index contributed by atoms with van der Waals surface area (Å²) in [5, 5.41) is 2.92. The molecule has 3 N–H and O–H groups in total. The topological polar surface area (TPSA) is 68.3 Å².